The maximum absolute atomic E-state index is 11.7. The van der Waals surface area contributed by atoms with Crippen molar-refractivity contribution in [2.24, 2.45) is 11.8 Å². The molecule has 0 saturated carbocycles. The summed E-state index contributed by atoms with van der Waals surface area (Å²) < 4.78 is 0. The number of rotatable bonds is 8. The largest absolute Gasteiger partial charge is 0.512 e. The van der Waals surface area contributed by atoms with Gasteiger partial charge in [0.15, 0.2) is 5.78 Å². The van der Waals surface area contributed by atoms with E-state index in [9.17, 15) is 9.90 Å². The van der Waals surface area contributed by atoms with Crippen LogP contribution in [0.3, 0.4) is 0 Å². The Labute approximate surface area is 252 Å². The molecule has 4 aromatic rings. The fraction of sp³-hybridized carbons (Fsp3) is 0.412. The van der Waals surface area contributed by atoms with Gasteiger partial charge in [-0.2, -0.15) is 10.2 Å². The molecule has 0 spiro atoms. The maximum atomic E-state index is 11.7. The van der Waals surface area contributed by atoms with Crippen LogP contribution in [-0.4, -0.2) is 26.1 Å². The van der Waals surface area contributed by atoms with Gasteiger partial charge < -0.3 is 5.11 Å². The van der Waals surface area contributed by atoms with Crippen molar-refractivity contribution in [3.05, 3.63) is 78.1 Å². The van der Waals surface area contributed by atoms with Crippen LogP contribution in [0.5, 0.6) is 0 Å². The molecule has 0 aliphatic rings. The first-order valence-electron chi connectivity index (χ1n) is 14.1. The Hall–Kier alpha value is -2.95. The number of hydrogen-bond donors (Lipinski definition) is 1. The van der Waals surface area contributed by atoms with Crippen LogP contribution in [0.2, 0.25) is 0 Å². The molecular formula is C34H42IrN3O2-. The van der Waals surface area contributed by atoms with E-state index in [4.69, 9.17) is 0 Å². The Bertz CT molecular complexity index is 1430. The van der Waals surface area contributed by atoms with Gasteiger partial charge in [0.05, 0.1) is 11.3 Å². The molecule has 1 aromatic heterocycles. The number of benzene rings is 3. The molecule has 6 heteroatoms. The van der Waals surface area contributed by atoms with Crippen LogP contribution in [-0.2, 0) is 30.3 Å². The van der Waals surface area contributed by atoms with Crippen LogP contribution in [0.1, 0.15) is 79.7 Å². The topological polar surface area (TPSA) is 76.0 Å². The van der Waals surface area contributed by atoms with Gasteiger partial charge in [0.25, 0.3) is 0 Å². The Balaban J connectivity index is 0.000000307. The van der Waals surface area contributed by atoms with Gasteiger partial charge >= 0.3 is 0 Å². The number of aliphatic hydroxyl groups excluding tert-OH is 1. The number of para-hydroxylation sites is 1. The molecule has 0 aliphatic heterocycles. The molecule has 0 fully saturated rings. The minimum absolute atomic E-state index is 0. The van der Waals surface area contributed by atoms with Crippen molar-refractivity contribution in [2.45, 2.75) is 79.6 Å². The monoisotopic (exact) mass is 717 g/mol. The Kier molecular flexibility index (Phi) is 12.6. The van der Waals surface area contributed by atoms with E-state index in [0.717, 1.165) is 47.7 Å². The summed E-state index contributed by atoms with van der Waals surface area (Å²) in [6, 6.07) is 21.7. The fourth-order valence-corrected chi connectivity index (χ4v) is 4.75. The van der Waals surface area contributed by atoms with Crippen LogP contribution in [0, 0.1) is 17.9 Å². The molecule has 1 heterocycles. The van der Waals surface area contributed by atoms with Gasteiger partial charge in [-0.3, -0.25) is 9.78 Å². The predicted molar refractivity (Wildman–Crippen MR) is 162 cm³/mol. The van der Waals surface area contributed by atoms with Gasteiger partial charge in [0.2, 0.25) is 0 Å². The fourth-order valence-electron chi connectivity index (χ4n) is 4.75. The summed E-state index contributed by atoms with van der Waals surface area (Å²) in [5.74, 6) is 1.16. The van der Waals surface area contributed by atoms with Crippen molar-refractivity contribution in [1.29, 1.82) is 0 Å². The first-order valence-corrected chi connectivity index (χ1v) is 14.1. The van der Waals surface area contributed by atoms with Crippen molar-refractivity contribution >= 4 is 27.6 Å². The first kappa shape index (κ1) is 33.3. The van der Waals surface area contributed by atoms with Crippen LogP contribution in [0.25, 0.3) is 33.2 Å². The van der Waals surface area contributed by atoms with Crippen LogP contribution in [0.4, 0.5) is 0 Å². The second-order valence-electron chi connectivity index (χ2n) is 11.0. The number of carbonyl (C=O) groups is 1. The molecule has 0 unspecified atom stereocenters. The van der Waals surface area contributed by atoms with E-state index < -0.39 is 0 Å². The second kappa shape index (κ2) is 15.2. The third-order valence-corrected chi connectivity index (χ3v) is 7.27. The van der Waals surface area contributed by atoms with Crippen molar-refractivity contribution in [1.82, 2.24) is 15.2 Å². The number of aliphatic hydroxyl groups is 1. The zero-order valence-electron chi connectivity index (χ0n) is 24.8. The summed E-state index contributed by atoms with van der Waals surface area (Å²) in [6.45, 7) is 14.7. The number of aromatic nitrogens is 3. The van der Waals surface area contributed by atoms with E-state index in [1.165, 1.54) is 17.0 Å². The molecule has 0 amide bonds. The molecular weight excluding hydrogens is 675 g/mol. The van der Waals surface area contributed by atoms with Gasteiger partial charge in [-0.25, -0.2) is 0 Å². The van der Waals surface area contributed by atoms with E-state index >= 15 is 0 Å². The summed E-state index contributed by atoms with van der Waals surface area (Å²) in [5, 5.41) is 20.7. The zero-order valence-corrected chi connectivity index (χ0v) is 27.2. The van der Waals surface area contributed by atoms with Crippen LogP contribution in [0.15, 0.2) is 66.4 Å². The number of nitrogens with zero attached hydrogens (tertiary/aromatic N) is 3. The van der Waals surface area contributed by atoms with Crippen molar-refractivity contribution < 1.29 is 30.0 Å². The molecule has 0 saturated heterocycles. The van der Waals surface area contributed by atoms with E-state index in [1.54, 1.807) is 0 Å². The minimum Gasteiger partial charge on any atom is -0.512 e. The van der Waals surface area contributed by atoms with Crippen molar-refractivity contribution in [3.8, 4) is 11.4 Å². The molecule has 3 aromatic carbocycles. The number of hydrogen-bond acceptors (Lipinski definition) is 5. The number of ketones is 1. The molecule has 5 nitrogen and oxygen atoms in total. The molecule has 0 bridgehead atoms. The SMILES string of the molecule is CC(C)(C)c1cc(-c2nnc3ccccc3n2)[c-]c2ccccc12.CCC(CC)C(=O)C=C(O)C(CC)CC.[Ir]. The average molecular weight is 717 g/mol. The molecule has 0 atom stereocenters. The number of fused-ring (bicyclic) bond motifs is 2. The van der Waals surface area contributed by atoms with Gasteiger partial charge in [-0.05, 0) is 43.2 Å². The second-order valence-corrected chi connectivity index (χ2v) is 11.0. The van der Waals surface area contributed by atoms with Crippen molar-refractivity contribution in [2.75, 3.05) is 0 Å². The van der Waals surface area contributed by atoms with Gasteiger partial charge in [-0.1, -0.05) is 89.7 Å². The summed E-state index contributed by atoms with van der Waals surface area (Å²) in [6.07, 6.45) is 4.91. The molecule has 215 valence electrons. The van der Waals surface area contributed by atoms with E-state index in [2.05, 4.69) is 66.3 Å². The zero-order chi connectivity index (χ0) is 28.6. The predicted octanol–water partition coefficient (Wildman–Crippen LogP) is 8.81. The normalized spacial score (nSPS) is 11.9. The van der Waals surface area contributed by atoms with E-state index in [0.29, 0.717) is 5.82 Å². The number of allylic oxidation sites excluding steroid dienone is 2. The number of carbonyl (C=O) groups excluding carboxylic acids is 1. The summed E-state index contributed by atoms with van der Waals surface area (Å²) >= 11 is 0. The smallest absolute Gasteiger partial charge is 0.162 e. The Morgan fingerprint density at radius 3 is 2.05 bits per heavy atom. The van der Waals surface area contributed by atoms with Gasteiger partial charge in [0.1, 0.15) is 11.3 Å². The molecule has 40 heavy (non-hydrogen) atoms. The molecule has 4 rings (SSSR count). The molecule has 1 radical (unpaired) electrons. The quantitative estimate of drug-likeness (QED) is 0.112. The van der Waals surface area contributed by atoms with Crippen molar-refractivity contribution in [3.63, 3.8) is 0 Å². The van der Waals surface area contributed by atoms with E-state index in [-0.39, 0.29) is 48.9 Å². The van der Waals surface area contributed by atoms with Gasteiger partial charge in [-0.15, -0.1) is 29.1 Å². The third-order valence-electron chi connectivity index (χ3n) is 7.27. The van der Waals surface area contributed by atoms with E-state index in [1.807, 2.05) is 58.0 Å². The average Bonchev–Trinajstić information content (AvgIpc) is 2.93. The standard InChI is InChI=1S/C21H18N3.C13H24O2.Ir/c1-21(2,3)17-13-15(12-14-8-4-5-9-16(14)17)20-22-18-10-6-7-11-19(18)23-24-20;1-5-10(6-2)12(14)9-13(15)11(7-3)8-4;/h4-11,13H,1-3H3;9-11,14H,5-8H2,1-4H3;/q-1;;. The minimum atomic E-state index is 0. The Morgan fingerprint density at radius 2 is 1.45 bits per heavy atom. The molecule has 1 N–H and O–H groups in total. The van der Waals surface area contributed by atoms with Crippen LogP contribution < -0.4 is 0 Å². The Morgan fingerprint density at radius 1 is 0.875 bits per heavy atom. The summed E-state index contributed by atoms with van der Waals surface area (Å²) in [7, 11) is 0. The first-order chi connectivity index (χ1) is 18.6. The van der Waals surface area contributed by atoms with Crippen LogP contribution >= 0.6 is 0 Å². The maximum Gasteiger partial charge on any atom is 0.162 e. The third kappa shape index (κ3) is 8.28. The summed E-state index contributed by atoms with van der Waals surface area (Å²) in [4.78, 5) is 16.4. The van der Waals surface area contributed by atoms with Gasteiger partial charge in [0, 0.05) is 38.0 Å². The molecule has 0 aliphatic carbocycles. The summed E-state index contributed by atoms with van der Waals surface area (Å²) in [5.41, 5.74) is 3.83.